The molecule has 2 aromatic carbocycles. The Kier molecular flexibility index (Phi) is 7.38. The summed E-state index contributed by atoms with van der Waals surface area (Å²) in [6.07, 6.45) is 1.44. The van der Waals surface area contributed by atoms with E-state index in [1.54, 1.807) is 24.9 Å². The van der Waals surface area contributed by atoms with Gasteiger partial charge in [-0.1, -0.05) is 35.9 Å². The molecule has 1 N–H and O–H groups in total. The Morgan fingerprint density at radius 3 is 2.62 bits per heavy atom. The van der Waals surface area contributed by atoms with E-state index in [9.17, 15) is 8.78 Å². The van der Waals surface area contributed by atoms with Crippen LogP contribution in [0.3, 0.4) is 0 Å². The molecule has 8 heteroatoms. The molecule has 170 valence electrons. The van der Waals surface area contributed by atoms with Gasteiger partial charge >= 0.3 is 0 Å². The third kappa shape index (κ3) is 6.03. The highest BCUT2D eigenvalue weighted by Crippen LogP contribution is 2.38. The second kappa shape index (κ2) is 10.2. The van der Waals surface area contributed by atoms with Crippen LogP contribution < -0.4 is 4.74 Å². The molecule has 0 spiro atoms. The van der Waals surface area contributed by atoms with Crippen molar-refractivity contribution >= 4 is 23.4 Å². The summed E-state index contributed by atoms with van der Waals surface area (Å²) in [7, 11) is 1.65. The van der Waals surface area contributed by atoms with Crippen LogP contribution in [0.15, 0.2) is 59.8 Å². The molecule has 3 aromatic rings. The van der Waals surface area contributed by atoms with Crippen LogP contribution in [-0.4, -0.2) is 29.1 Å². The molecular formula is C24H25ClF2N2O2S. The minimum Gasteiger partial charge on any atom is -0.497 e. The quantitative estimate of drug-likeness (QED) is 0.352. The summed E-state index contributed by atoms with van der Waals surface area (Å²) in [4.78, 5) is 7.94. The van der Waals surface area contributed by atoms with Crippen LogP contribution in [0.4, 0.5) is 8.78 Å². The number of hydrogen-bond donors (Lipinski definition) is 1. The fraction of sp³-hybridized carbons (Fsp3) is 0.375. The standard InChI is InChI=1S/C24H25ClF2N2O2S/c1-30-19-7-5-16(6-8-19)15-32-21-14-28-23(29-21)22(17-3-2-4-18(25)13-17)31-20-9-11-24(26,27)12-10-20/h2-8,13-14,20,22H,9-12,15H2,1H3,(H,28,29). The van der Waals surface area contributed by atoms with Gasteiger partial charge in [-0.05, 0) is 48.2 Å². The summed E-state index contributed by atoms with van der Waals surface area (Å²) in [5.41, 5.74) is 2.00. The summed E-state index contributed by atoms with van der Waals surface area (Å²) in [6, 6.07) is 15.3. The number of hydrogen-bond acceptors (Lipinski definition) is 4. The van der Waals surface area contributed by atoms with Crippen LogP contribution in [-0.2, 0) is 10.5 Å². The van der Waals surface area contributed by atoms with Crippen LogP contribution >= 0.6 is 23.4 Å². The number of thioether (sulfide) groups is 1. The molecule has 1 saturated carbocycles. The number of nitrogens with one attached hydrogen (secondary N) is 1. The third-order valence-corrected chi connectivity index (χ3v) is 6.73. The first-order valence-electron chi connectivity index (χ1n) is 10.5. The van der Waals surface area contributed by atoms with Crippen molar-refractivity contribution in [3.05, 3.63) is 76.7 Å². The molecule has 0 aliphatic heterocycles. The minimum atomic E-state index is -2.60. The molecule has 32 heavy (non-hydrogen) atoms. The Morgan fingerprint density at radius 2 is 1.94 bits per heavy atom. The van der Waals surface area contributed by atoms with E-state index in [1.165, 1.54) is 0 Å². The topological polar surface area (TPSA) is 47.1 Å². The Morgan fingerprint density at radius 1 is 1.19 bits per heavy atom. The van der Waals surface area contributed by atoms with Gasteiger partial charge in [0.15, 0.2) is 0 Å². The van der Waals surface area contributed by atoms with Crippen molar-refractivity contribution < 1.29 is 18.3 Å². The maximum absolute atomic E-state index is 13.6. The maximum Gasteiger partial charge on any atom is 0.248 e. The van der Waals surface area contributed by atoms with Gasteiger partial charge in [0.1, 0.15) is 22.7 Å². The lowest BCUT2D eigenvalue weighted by molar-refractivity contribution is -0.0938. The number of aromatic amines is 1. The van der Waals surface area contributed by atoms with Crippen molar-refractivity contribution in [2.75, 3.05) is 7.11 Å². The number of benzene rings is 2. The highest BCUT2D eigenvalue weighted by Gasteiger charge is 2.36. The van der Waals surface area contributed by atoms with Crippen LogP contribution in [0.5, 0.6) is 5.75 Å². The Hall–Kier alpha value is -2.09. The second-order valence-electron chi connectivity index (χ2n) is 7.89. The number of halogens is 3. The number of methoxy groups -OCH3 is 1. The molecule has 4 rings (SSSR count). The smallest absolute Gasteiger partial charge is 0.248 e. The Balaban J connectivity index is 1.47. The largest absolute Gasteiger partial charge is 0.497 e. The molecule has 1 aliphatic rings. The van der Waals surface area contributed by atoms with Crippen LogP contribution in [0.1, 0.15) is 48.7 Å². The van der Waals surface area contributed by atoms with Gasteiger partial charge in [0.25, 0.3) is 0 Å². The van der Waals surface area contributed by atoms with Gasteiger partial charge < -0.3 is 14.5 Å². The van der Waals surface area contributed by atoms with Gasteiger partial charge in [-0.25, -0.2) is 13.8 Å². The molecular weight excluding hydrogens is 454 g/mol. The van der Waals surface area contributed by atoms with Gasteiger partial charge in [0.05, 0.1) is 13.2 Å². The van der Waals surface area contributed by atoms with E-state index >= 15 is 0 Å². The molecule has 1 aliphatic carbocycles. The third-order valence-electron chi connectivity index (χ3n) is 5.51. The summed E-state index contributed by atoms with van der Waals surface area (Å²) in [6.45, 7) is 0. The lowest BCUT2D eigenvalue weighted by Gasteiger charge is -2.31. The van der Waals surface area contributed by atoms with Crippen molar-refractivity contribution in [3.63, 3.8) is 0 Å². The van der Waals surface area contributed by atoms with Gasteiger partial charge in [0.2, 0.25) is 5.92 Å². The first-order chi connectivity index (χ1) is 15.4. The normalized spacial score (nSPS) is 17.2. The molecule has 0 bridgehead atoms. The van der Waals surface area contributed by atoms with E-state index in [4.69, 9.17) is 26.1 Å². The average molecular weight is 479 g/mol. The van der Waals surface area contributed by atoms with Crippen molar-refractivity contribution in [1.29, 1.82) is 0 Å². The van der Waals surface area contributed by atoms with Crippen LogP contribution in [0.2, 0.25) is 5.02 Å². The zero-order valence-corrected chi connectivity index (χ0v) is 19.3. The minimum absolute atomic E-state index is 0.152. The molecule has 1 aromatic heterocycles. The lowest BCUT2D eigenvalue weighted by Crippen LogP contribution is -2.30. The predicted octanol–water partition coefficient (Wildman–Crippen LogP) is 7.05. The average Bonchev–Trinajstić information content (AvgIpc) is 3.26. The SMILES string of the molecule is COc1ccc(CSc2c[nH]c(C(OC3CCC(F)(F)CC3)c3cccc(Cl)c3)n2)cc1. The number of H-pyrrole nitrogens is 1. The van der Waals surface area contributed by atoms with Crippen molar-refractivity contribution in [3.8, 4) is 5.75 Å². The monoisotopic (exact) mass is 478 g/mol. The van der Waals surface area contributed by atoms with E-state index in [1.807, 2.05) is 48.7 Å². The van der Waals surface area contributed by atoms with E-state index in [-0.39, 0.29) is 18.9 Å². The van der Waals surface area contributed by atoms with Gasteiger partial charge in [-0.2, -0.15) is 0 Å². The van der Waals surface area contributed by atoms with Gasteiger partial charge in [-0.15, -0.1) is 11.8 Å². The summed E-state index contributed by atoms with van der Waals surface area (Å²) in [5, 5.41) is 1.42. The highest BCUT2D eigenvalue weighted by molar-refractivity contribution is 7.98. The van der Waals surface area contributed by atoms with Crippen LogP contribution in [0.25, 0.3) is 0 Å². The Labute approximate surface area is 195 Å². The molecule has 1 unspecified atom stereocenters. The van der Waals surface area contributed by atoms with E-state index in [2.05, 4.69) is 4.98 Å². The van der Waals surface area contributed by atoms with Gasteiger partial charge in [0, 0.05) is 29.8 Å². The molecule has 0 amide bonds. The number of imidazole rings is 1. The number of nitrogens with zero attached hydrogens (tertiary/aromatic N) is 1. The summed E-state index contributed by atoms with van der Waals surface area (Å²) >= 11 is 7.81. The first-order valence-corrected chi connectivity index (χ1v) is 11.9. The zero-order chi connectivity index (χ0) is 22.6. The second-order valence-corrected chi connectivity index (χ2v) is 9.32. The molecule has 0 saturated heterocycles. The number of ether oxygens (including phenoxy) is 2. The fourth-order valence-corrected chi connectivity index (χ4v) is 4.73. The number of aromatic nitrogens is 2. The molecule has 1 fully saturated rings. The van der Waals surface area contributed by atoms with Crippen LogP contribution in [0, 0.1) is 0 Å². The number of rotatable bonds is 8. The predicted molar refractivity (Wildman–Crippen MR) is 123 cm³/mol. The zero-order valence-electron chi connectivity index (χ0n) is 17.7. The molecule has 1 heterocycles. The lowest BCUT2D eigenvalue weighted by atomic mass is 9.94. The molecule has 0 radical (unpaired) electrons. The fourth-order valence-electron chi connectivity index (χ4n) is 3.72. The summed E-state index contributed by atoms with van der Waals surface area (Å²) < 4.78 is 38.7. The summed E-state index contributed by atoms with van der Waals surface area (Å²) in [5.74, 6) is -0.375. The van der Waals surface area contributed by atoms with E-state index in [0.717, 1.165) is 27.7 Å². The number of alkyl halides is 2. The maximum atomic E-state index is 13.6. The van der Waals surface area contributed by atoms with Crippen molar-refractivity contribution in [2.45, 2.75) is 54.6 Å². The Bertz CT molecular complexity index is 1020. The highest BCUT2D eigenvalue weighted by atomic mass is 35.5. The molecule has 4 nitrogen and oxygen atoms in total. The first kappa shape index (κ1) is 23.1. The van der Waals surface area contributed by atoms with E-state index in [0.29, 0.717) is 23.7 Å². The van der Waals surface area contributed by atoms with Crippen molar-refractivity contribution in [2.24, 2.45) is 0 Å². The van der Waals surface area contributed by atoms with E-state index < -0.39 is 12.0 Å². The van der Waals surface area contributed by atoms with Gasteiger partial charge in [-0.3, -0.25) is 0 Å². The molecule has 1 atom stereocenters. The van der Waals surface area contributed by atoms with Crippen molar-refractivity contribution in [1.82, 2.24) is 9.97 Å².